The third-order valence-corrected chi connectivity index (χ3v) is 4.87. The molecular weight excluding hydrogens is 365 g/mol. The van der Waals surface area contributed by atoms with E-state index in [4.69, 9.17) is 0 Å². The standard InChI is InChI=1S/C17H17F3N4OS/c1-9-4-5-12-13(6-9)26-16(21-12)22-15(25)10(2)8-24-11(3)7-14(23-24)17(18,19)20/h4-7,10H,8H2,1-3H3,(H,21,22,25). The second kappa shape index (κ2) is 6.71. The van der Waals surface area contributed by atoms with Crippen molar-refractivity contribution in [3.63, 3.8) is 0 Å². The maximum absolute atomic E-state index is 12.7. The van der Waals surface area contributed by atoms with Crippen molar-refractivity contribution < 1.29 is 18.0 Å². The first-order valence-corrected chi connectivity index (χ1v) is 8.75. The average Bonchev–Trinajstić information content (AvgIpc) is 3.09. The summed E-state index contributed by atoms with van der Waals surface area (Å²) in [4.78, 5) is 16.7. The smallest absolute Gasteiger partial charge is 0.302 e. The van der Waals surface area contributed by atoms with Crippen molar-refractivity contribution >= 4 is 32.6 Å². The molecule has 1 amide bonds. The quantitative estimate of drug-likeness (QED) is 0.727. The van der Waals surface area contributed by atoms with E-state index in [1.165, 1.54) is 22.9 Å². The zero-order chi connectivity index (χ0) is 19.1. The van der Waals surface area contributed by atoms with Crippen molar-refractivity contribution in [3.05, 3.63) is 41.2 Å². The fraction of sp³-hybridized carbons (Fsp3) is 0.353. The fourth-order valence-electron chi connectivity index (χ4n) is 2.49. The van der Waals surface area contributed by atoms with Gasteiger partial charge in [0.25, 0.3) is 0 Å². The largest absolute Gasteiger partial charge is 0.435 e. The van der Waals surface area contributed by atoms with Gasteiger partial charge in [-0.15, -0.1) is 0 Å². The van der Waals surface area contributed by atoms with Crippen LogP contribution in [0.25, 0.3) is 10.2 Å². The lowest BCUT2D eigenvalue weighted by Gasteiger charge is -2.12. The van der Waals surface area contributed by atoms with E-state index in [-0.39, 0.29) is 12.5 Å². The maximum atomic E-state index is 12.7. The number of alkyl halides is 3. The molecular formula is C17H17F3N4OS. The molecule has 1 aromatic carbocycles. The molecule has 5 nitrogen and oxygen atoms in total. The molecule has 0 bridgehead atoms. The van der Waals surface area contributed by atoms with Crippen molar-refractivity contribution in [2.45, 2.75) is 33.5 Å². The Morgan fingerprint density at radius 3 is 2.69 bits per heavy atom. The molecule has 2 heterocycles. The Hall–Kier alpha value is -2.42. The maximum Gasteiger partial charge on any atom is 0.435 e. The van der Waals surface area contributed by atoms with Crippen LogP contribution < -0.4 is 5.32 Å². The number of fused-ring (bicyclic) bond motifs is 1. The molecule has 3 rings (SSSR count). The van der Waals surface area contributed by atoms with Gasteiger partial charge < -0.3 is 5.32 Å². The molecule has 138 valence electrons. The summed E-state index contributed by atoms with van der Waals surface area (Å²) < 4.78 is 40.4. The summed E-state index contributed by atoms with van der Waals surface area (Å²) >= 11 is 1.36. The summed E-state index contributed by atoms with van der Waals surface area (Å²) in [5, 5.41) is 6.75. The van der Waals surface area contributed by atoms with E-state index in [0.29, 0.717) is 10.8 Å². The van der Waals surface area contributed by atoms with Crippen molar-refractivity contribution in [1.29, 1.82) is 0 Å². The number of nitrogens with zero attached hydrogens (tertiary/aromatic N) is 3. The minimum Gasteiger partial charge on any atom is -0.302 e. The summed E-state index contributed by atoms with van der Waals surface area (Å²) in [6, 6.07) is 6.78. The van der Waals surface area contributed by atoms with Crippen LogP contribution in [0.2, 0.25) is 0 Å². The van der Waals surface area contributed by atoms with Gasteiger partial charge in [-0.25, -0.2) is 4.98 Å². The number of amides is 1. The molecule has 0 spiro atoms. The second-order valence-corrected chi connectivity index (χ2v) is 7.26. The Bertz CT molecular complexity index is 961. The van der Waals surface area contributed by atoms with Crippen LogP contribution in [0.3, 0.4) is 0 Å². The van der Waals surface area contributed by atoms with Gasteiger partial charge in [0.05, 0.1) is 22.7 Å². The van der Waals surface area contributed by atoms with Crippen LogP contribution in [-0.2, 0) is 17.5 Å². The molecule has 0 radical (unpaired) electrons. The van der Waals surface area contributed by atoms with E-state index in [1.807, 2.05) is 25.1 Å². The number of anilines is 1. The molecule has 1 N–H and O–H groups in total. The molecule has 9 heteroatoms. The van der Waals surface area contributed by atoms with Gasteiger partial charge in [0, 0.05) is 5.69 Å². The highest BCUT2D eigenvalue weighted by Crippen LogP contribution is 2.29. The molecule has 0 fully saturated rings. The van der Waals surface area contributed by atoms with Gasteiger partial charge in [0.15, 0.2) is 10.8 Å². The lowest BCUT2D eigenvalue weighted by atomic mass is 10.1. The van der Waals surface area contributed by atoms with Gasteiger partial charge in [-0.1, -0.05) is 24.3 Å². The topological polar surface area (TPSA) is 59.8 Å². The Morgan fingerprint density at radius 1 is 1.31 bits per heavy atom. The Kier molecular flexibility index (Phi) is 4.74. The van der Waals surface area contributed by atoms with Crippen LogP contribution in [-0.4, -0.2) is 20.7 Å². The van der Waals surface area contributed by atoms with Crippen LogP contribution in [0.15, 0.2) is 24.3 Å². The van der Waals surface area contributed by atoms with E-state index < -0.39 is 17.8 Å². The molecule has 0 aliphatic rings. The van der Waals surface area contributed by atoms with Crippen molar-refractivity contribution in [1.82, 2.24) is 14.8 Å². The lowest BCUT2D eigenvalue weighted by molar-refractivity contribution is -0.141. The lowest BCUT2D eigenvalue weighted by Crippen LogP contribution is -2.25. The first-order chi connectivity index (χ1) is 12.1. The van der Waals surface area contributed by atoms with Crippen LogP contribution >= 0.6 is 11.3 Å². The number of rotatable bonds is 4. The summed E-state index contributed by atoms with van der Waals surface area (Å²) in [5.41, 5.74) is 1.29. The summed E-state index contributed by atoms with van der Waals surface area (Å²) in [7, 11) is 0. The number of benzene rings is 1. The fourth-order valence-corrected chi connectivity index (χ4v) is 3.46. The highest BCUT2D eigenvalue weighted by molar-refractivity contribution is 7.22. The summed E-state index contributed by atoms with van der Waals surface area (Å²) in [6.07, 6.45) is -4.50. The third-order valence-electron chi connectivity index (χ3n) is 3.94. The van der Waals surface area contributed by atoms with Gasteiger partial charge in [0.2, 0.25) is 5.91 Å². The highest BCUT2D eigenvalue weighted by atomic mass is 32.1. The van der Waals surface area contributed by atoms with E-state index in [0.717, 1.165) is 21.8 Å². The highest BCUT2D eigenvalue weighted by Gasteiger charge is 2.34. The van der Waals surface area contributed by atoms with Gasteiger partial charge in [-0.2, -0.15) is 18.3 Å². The minimum absolute atomic E-state index is 0.0533. The van der Waals surface area contributed by atoms with Crippen LogP contribution in [0.5, 0.6) is 0 Å². The van der Waals surface area contributed by atoms with Crippen molar-refractivity contribution in [2.24, 2.45) is 5.92 Å². The zero-order valence-electron chi connectivity index (χ0n) is 14.4. The number of hydrogen-bond acceptors (Lipinski definition) is 4. The first kappa shape index (κ1) is 18.4. The number of nitrogens with one attached hydrogen (secondary N) is 1. The Balaban J connectivity index is 1.70. The average molecular weight is 382 g/mol. The van der Waals surface area contributed by atoms with Gasteiger partial charge in [0.1, 0.15) is 0 Å². The molecule has 2 aromatic heterocycles. The number of aryl methyl sites for hydroxylation is 2. The number of halogens is 3. The molecule has 1 atom stereocenters. The molecule has 0 aliphatic carbocycles. The molecule has 26 heavy (non-hydrogen) atoms. The van der Waals surface area contributed by atoms with E-state index in [2.05, 4.69) is 15.4 Å². The normalized spacial score (nSPS) is 13.2. The molecule has 0 saturated carbocycles. The predicted octanol–water partition coefficient (Wildman–Crippen LogP) is 4.40. The third kappa shape index (κ3) is 3.87. The van der Waals surface area contributed by atoms with Crippen molar-refractivity contribution in [2.75, 3.05) is 5.32 Å². The molecule has 0 aliphatic heterocycles. The number of carbonyl (C=O) groups is 1. The number of aromatic nitrogens is 3. The predicted molar refractivity (Wildman–Crippen MR) is 94.1 cm³/mol. The molecule has 1 unspecified atom stereocenters. The number of carbonyl (C=O) groups excluding carboxylic acids is 1. The van der Waals surface area contributed by atoms with E-state index >= 15 is 0 Å². The number of thiazole rings is 1. The Morgan fingerprint density at radius 2 is 2.04 bits per heavy atom. The monoisotopic (exact) mass is 382 g/mol. The van der Waals surface area contributed by atoms with Gasteiger partial charge in [-0.05, 0) is 37.6 Å². The first-order valence-electron chi connectivity index (χ1n) is 7.93. The van der Waals surface area contributed by atoms with Gasteiger partial charge >= 0.3 is 6.18 Å². The molecule has 0 saturated heterocycles. The summed E-state index contributed by atoms with van der Waals surface area (Å²) in [5.74, 6) is -0.882. The minimum atomic E-state index is -4.50. The van der Waals surface area contributed by atoms with E-state index in [1.54, 1.807) is 6.92 Å². The Labute approximate surface area is 151 Å². The van der Waals surface area contributed by atoms with Crippen LogP contribution in [0.1, 0.15) is 23.9 Å². The van der Waals surface area contributed by atoms with Crippen molar-refractivity contribution in [3.8, 4) is 0 Å². The SMILES string of the molecule is Cc1ccc2nc(NC(=O)C(C)Cn3nc(C(F)(F)F)cc3C)sc2c1. The zero-order valence-corrected chi connectivity index (χ0v) is 15.2. The summed E-state index contributed by atoms with van der Waals surface area (Å²) in [6.45, 7) is 5.20. The second-order valence-electron chi connectivity index (χ2n) is 6.23. The number of hydrogen-bond donors (Lipinski definition) is 1. The van der Waals surface area contributed by atoms with Crippen LogP contribution in [0, 0.1) is 19.8 Å². The molecule has 3 aromatic rings. The van der Waals surface area contributed by atoms with E-state index in [9.17, 15) is 18.0 Å². The van der Waals surface area contributed by atoms with Gasteiger partial charge in [-0.3, -0.25) is 9.48 Å². The van der Waals surface area contributed by atoms with Crippen LogP contribution in [0.4, 0.5) is 18.3 Å².